The maximum absolute atomic E-state index is 13.6. The van der Waals surface area contributed by atoms with Gasteiger partial charge in [0, 0.05) is 18.4 Å². The molecule has 0 bridgehead atoms. The van der Waals surface area contributed by atoms with Gasteiger partial charge in [0.2, 0.25) is 0 Å². The molecule has 18 heavy (non-hydrogen) atoms. The number of hydrogen-bond acceptors (Lipinski definition) is 2. The smallest absolute Gasteiger partial charge is 0.145 e. The Balaban J connectivity index is 2.19. The lowest BCUT2D eigenvalue weighted by Gasteiger charge is -2.31. The number of Topliss-reactive ketones (excluding diaryl/α,β-unsaturated/α-hetero) is 1. The first-order valence-electron chi connectivity index (χ1n) is 6.54. The Morgan fingerprint density at radius 1 is 1.44 bits per heavy atom. The quantitative estimate of drug-likeness (QED) is 0.888. The Labute approximate surface area is 108 Å². The van der Waals surface area contributed by atoms with Gasteiger partial charge in [-0.25, -0.2) is 4.39 Å². The highest BCUT2D eigenvalue weighted by molar-refractivity contribution is 5.87. The lowest BCUT2D eigenvalue weighted by molar-refractivity contribution is -0.129. The van der Waals surface area contributed by atoms with Crippen molar-refractivity contribution in [2.75, 3.05) is 13.1 Å². The van der Waals surface area contributed by atoms with Crippen LogP contribution in [-0.2, 0) is 11.2 Å². The zero-order valence-electron chi connectivity index (χ0n) is 11.0. The summed E-state index contributed by atoms with van der Waals surface area (Å²) in [5, 5.41) is 3.26. The van der Waals surface area contributed by atoms with Crippen LogP contribution in [0.1, 0.15) is 25.8 Å². The number of carbonyl (C=O) groups is 1. The molecule has 1 heterocycles. The molecule has 1 fully saturated rings. The van der Waals surface area contributed by atoms with Crippen molar-refractivity contribution in [1.29, 1.82) is 0 Å². The van der Waals surface area contributed by atoms with E-state index < -0.39 is 0 Å². The highest BCUT2D eigenvalue weighted by Crippen LogP contribution is 2.36. The van der Waals surface area contributed by atoms with Crippen molar-refractivity contribution in [3.8, 4) is 0 Å². The molecule has 0 aliphatic carbocycles. The van der Waals surface area contributed by atoms with E-state index in [-0.39, 0.29) is 29.4 Å². The number of carbonyl (C=O) groups excluding carboxylic acids is 1. The Bertz CT molecular complexity index is 436. The molecule has 1 unspecified atom stereocenters. The highest BCUT2D eigenvalue weighted by Gasteiger charge is 2.43. The van der Waals surface area contributed by atoms with Crippen LogP contribution in [0.15, 0.2) is 24.3 Å². The fourth-order valence-corrected chi connectivity index (χ4v) is 2.75. The molecular weight excluding hydrogens is 229 g/mol. The topological polar surface area (TPSA) is 29.1 Å². The molecule has 2 rings (SSSR count). The normalized spacial score (nSPS) is 23.6. The van der Waals surface area contributed by atoms with E-state index in [0.717, 1.165) is 19.5 Å². The maximum atomic E-state index is 13.6. The molecule has 0 amide bonds. The molecular formula is C15H20FNO. The number of halogens is 1. The molecule has 98 valence electrons. The van der Waals surface area contributed by atoms with Gasteiger partial charge in [0.25, 0.3) is 0 Å². The second-order valence-corrected chi connectivity index (χ2v) is 5.43. The van der Waals surface area contributed by atoms with Crippen LogP contribution in [0.25, 0.3) is 0 Å². The van der Waals surface area contributed by atoms with Crippen LogP contribution in [0.4, 0.5) is 4.39 Å². The second kappa shape index (κ2) is 5.19. The SMILES string of the molecule is CC(C)C1(C(=O)Cc2ccccc2F)CCNC1. The van der Waals surface area contributed by atoms with Crippen LogP contribution < -0.4 is 5.32 Å². The van der Waals surface area contributed by atoms with Crippen molar-refractivity contribution >= 4 is 5.78 Å². The summed E-state index contributed by atoms with van der Waals surface area (Å²) in [6.45, 7) is 5.75. The summed E-state index contributed by atoms with van der Waals surface area (Å²) in [6, 6.07) is 6.54. The predicted octanol–water partition coefficient (Wildman–Crippen LogP) is 2.57. The molecule has 1 aromatic carbocycles. The van der Waals surface area contributed by atoms with E-state index >= 15 is 0 Å². The predicted molar refractivity (Wildman–Crippen MR) is 69.9 cm³/mol. The van der Waals surface area contributed by atoms with Gasteiger partial charge in [-0.3, -0.25) is 4.79 Å². The minimum Gasteiger partial charge on any atom is -0.316 e. The van der Waals surface area contributed by atoms with Gasteiger partial charge in [0.1, 0.15) is 11.6 Å². The summed E-state index contributed by atoms with van der Waals surface area (Å²) in [5.74, 6) is 0.162. The van der Waals surface area contributed by atoms with Gasteiger partial charge in [0.15, 0.2) is 0 Å². The second-order valence-electron chi connectivity index (χ2n) is 5.43. The first kappa shape index (κ1) is 13.2. The average molecular weight is 249 g/mol. The van der Waals surface area contributed by atoms with Crippen molar-refractivity contribution in [2.24, 2.45) is 11.3 Å². The van der Waals surface area contributed by atoms with Crippen molar-refractivity contribution in [2.45, 2.75) is 26.7 Å². The first-order chi connectivity index (χ1) is 8.56. The highest BCUT2D eigenvalue weighted by atomic mass is 19.1. The monoisotopic (exact) mass is 249 g/mol. The van der Waals surface area contributed by atoms with Gasteiger partial charge < -0.3 is 5.32 Å². The van der Waals surface area contributed by atoms with Gasteiger partial charge in [-0.2, -0.15) is 0 Å². The van der Waals surface area contributed by atoms with Gasteiger partial charge in [-0.05, 0) is 30.5 Å². The minimum atomic E-state index is -0.317. The minimum absolute atomic E-state index is 0.160. The maximum Gasteiger partial charge on any atom is 0.145 e. The zero-order valence-corrected chi connectivity index (χ0v) is 11.0. The third kappa shape index (κ3) is 2.32. The van der Waals surface area contributed by atoms with Crippen LogP contribution in [0.5, 0.6) is 0 Å². The molecule has 0 aromatic heterocycles. The standard InChI is InChI=1S/C15H20FNO/c1-11(2)15(7-8-17-10-15)14(18)9-12-5-3-4-6-13(12)16/h3-6,11,17H,7-10H2,1-2H3. The summed E-state index contributed by atoms with van der Waals surface area (Å²) < 4.78 is 13.6. The Hall–Kier alpha value is -1.22. The van der Waals surface area contributed by atoms with Crippen LogP contribution in [0, 0.1) is 17.2 Å². The summed E-state index contributed by atoms with van der Waals surface area (Å²) >= 11 is 0. The van der Waals surface area contributed by atoms with Crippen LogP contribution in [0.2, 0.25) is 0 Å². The molecule has 0 saturated carbocycles. The molecule has 1 aliphatic rings. The molecule has 2 nitrogen and oxygen atoms in total. The summed E-state index contributed by atoms with van der Waals surface area (Å²) in [5.41, 5.74) is 0.192. The number of nitrogens with one attached hydrogen (secondary N) is 1. The van der Waals surface area contributed by atoms with E-state index in [4.69, 9.17) is 0 Å². The van der Waals surface area contributed by atoms with Crippen molar-refractivity contribution < 1.29 is 9.18 Å². The largest absolute Gasteiger partial charge is 0.316 e. The van der Waals surface area contributed by atoms with E-state index in [2.05, 4.69) is 19.2 Å². The van der Waals surface area contributed by atoms with E-state index in [1.807, 2.05) is 0 Å². The third-order valence-electron chi connectivity index (χ3n) is 4.16. The van der Waals surface area contributed by atoms with Crippen molar-refractivity contribution in [3.05, 3.63) is 35.6 Å². The van der Waals surface area contributed by atoms with Gasteiger partial charge >= 0.3 is 0 Å². The van der Waals surface area contributed by atoms with Gasteiger partial charge in [0.05, 0.1) is 0 Å². The van der Waals surface area contributed by atoms with E-state index in [1.54, 1.807) is 18.2 Å². The zero-order chi connectivity index (χ0) is 13.2. The lowest BCUT2D eigenvalue weighted by Crippen LogP contribution is -2.39. The number of rotatable bonds is 4. The molecule has 3 heteroatoms. The van der Waals surface area contributed by atoms with Crippen LogP contribution in [0.3, 0.4) is 0 Å². The fourth-order valence-electron chi connectivity index (χ4n) is 2.75. The first-order valence-corrected chi connectivity index (χ1v) is 6.54. The van der Waals surface area contributed by atoms with Gasteiger partial charge in [-0.15, -0.1) is 0 Å². The Kier molecular flexibility index (Phi) is 3.81. The van der Waals surface area contributed by atoms with Crippen molar-refractivity contribution in [1.82, 2.24) is 5.32 Å². The number of benzene rings is 1. The fraction of sp³-hybridized carbons (Fsp3) is 0.533. The molecule has 0 radical (unpaired) electrons. The summed E-state index contributed by atoms with van der Waals surface area (Å²) in [6.07, 6.45) is 1.06. The van der Waals surface area contributed by atoms with Crippen LogP contribution in [-0.4, -0.2) is 18.9 Å². The van der Waals surface area contributed by atoms with Crippen molar-refractivity contribution in [3.63, 3.8) is 0 Å². The summed E-state index contributed by atoms with van der Waals surface area (Å²) in [7, 11) is 0. The van der Waals surface area contributed by atoms with E-state index in [9.17, 15) is 9.18 Å². The molecule has 0 spiro atoms. The average Bonchev–Trinajstić information content (AvgIpc) is 2.82. The lowest BCUT2D eigenvalue weighted by atomic mass is 9.71. The number of hydrogen-bond donors (Lipinski definition) is 1. The molecule has 1 saturated heterocycles. The third-order valence-corrected chi connectivity index (χ3v) is 4.16. The number of ketones is 1. The van der Waals surface area contributed by atoms with Gasteiger partial charge in [-0.1, -0.05) is 32.0 Å². The molecule has 1 aliphatic heterocycles. The Morgan fingerprint density at radius 3 is 2.72 bits per heavy atom. The molecule has 1 aromatic rings. The Morgan fingerprint density at radius 2 is 2.17 bits per heavy atom. The summed E-state index contributed by atoms with van der Waals surface area (Å²) in [4.78, 5) is 12.5. The molecule has 1 atom stereocenters. The molecule has 1 N–H and O–H groups in total. The van der Waals surface area contributed by atoms with E-state index in [0.29, 0.717) is 5.56 Å². The van der Waals surface area contributed by atoms with E-state index in [1.165, 1.54) is 6.07 Å². The van der Waals surface area contributed by atoms with Crippen LogP contribution >= 0.6 is 0 Å².